The number of aryl methyl sites for hydroxylation is 1. The Bertz CT molecular complexity index is 442. The number of carbonyl (C=O) groups excluding carboxylic acids is 1. The van der Waals surface area contributed by atoms with Crippen molar-refractivity contribution in [3.63, 3.8) is 0 Å². The number of rotatable bonds is 7. The van der Waals surface area contributed by atoms with E-state index in [9.17, 15) is 4.79 Å². The van der Waals surface area contributed by atoms with E-state index in [4.69, 9.17) is 9.15 Å². The summed E-state index contributed by atoms with van der Waals surface area (Å²) in [5.41, 5.74) is -0.633. The molecule has 0 aliphatic heterocycles. The monoisotopic (exact) mass is 283 g/mol. The van der Waals surface area contributed by atoms with E-state index in [0.717, 1.165) is 23.5 Å². The van der Waals surface area contributed by atoms with Crippen molar-refractivity contribution in [2.75, 3.05) is 12.4 Å². The molecule has 0 aromatic carbocycles. The van der Waals surface area contributed by atoms with Gasteiger partial charge >= 0.3 is 5.97 Å². The fourth-order valence-electron chi connectivity index (χ4n) is 1.87. The zero-order valence-electron chi connectivity index (χ0n) is 11.7. The van der Waals surface area contributed by atoms with Crippen LogP contribution in [0.25, 0.3) is 0 Å². The molecule has 4 nitrogen and oxygen atoms in total. The van der Waals surface area contributed by atoms with Gasteiger partial charge in [-0.2, -0.15) is 0 Å². The van der Waals surface area contributed by atoms with Crippen LogP contribution in [-0.2, 0) is 9.53 Å². The normalized spacial score (nSPS) is 18.1. The number of hydrogen-bond donors (Lipinski definition) is 1. The average Bonchev–Trinajstić information content (AvgIpc) is 3.08. The standard InChI is InChI=1S/C14H21NO3S/c1-4-17-13(16)14(3,15-11-5-6-11)9-19-12-7-8-18-10(12)2/h7-8,11,15H,4-6,9H2,1-3H3. The Hall–Kier alpha value is -0.940. The second-order valence-corrected chi connectivity index (χ2v) is 6.12. The van der Waals surface area contributed by atoms with E-state index in [1.54, 1.807) is 18.0 Å². The summed E-state index contributed by atoms with van der Waals surface area (Å²) in [5.74, 6) is 1.36. The van der Waals surface area contributed by atoms with E-state index < -0.39 is 5.54 Å². The lowest BCUT2D eigenvalue weighted by Crippen LogP contribution is -2.53. The van der Waals surface area contributed by atoms with Gasteiger partial charge < -0.3 is 9.15 Å². The number of furan rings is 1. The number of ether oxygens (including phenoxy) is 1. The Morgan fingerprint density at radius 3 is 2.89 bits per heavy atom. The summed E-state index contributed by atoms with van der Waals surface area (Å²) in [6.45, 7) is 6.10. The smallest absolute Gasteiger partial charge is 0.326 e. The molecule has 0 saturated heterocycles. The number of nitrogens with one attached hydrogen (secondary N) is 1. The molecule has 1 unspecified atom stereocenters. The SMILES string of the molecule is CCOC(=O)C(C)(CSc1ccoc1C)NC1CC1. The molecular formula is C14H21NO3S. The van der Waals surface area contributed by atoms with Crippen molar-refractivity contribution < 1.29 is 13.9 Å². The number of esters is 1. The molecule has 1 aliphatic carbocycles. The highest BCUT2D eigenvalue weighted by Crippen LogP contribution is 2.30. The van der Waals surface area contributed by atoms with Crippen LogP contribution in [0.4, 0.5) is 0 Å². The van der Waals surface area contributed by atoms with E-state index in [-0.39, 0.29) is 5.97 Å². The average molecular weight is 283 g/mol. The number of thioether (sulfide) groups is 1. The molecule has 1 saturated carbocycles. The molecule has 0 radical (unpaired) electrons. The van der Waals surface area contributed by atoms with Crippen LogP contribution in [0, 0.1) is 6.92 Å². The molecule has 106 valence electrons. The van der Waals surface area contributed by atoms with Gasteiger partial charge in [0.25, 0.3) is 0 Å². The first-order valence-corrected chi connectivity index (χ1v) is 7.65. The van der Waals surface area contributed by atoms with Crippen LogP contribution in [0.15, 0.2) is 21.6 Å². The maximum atomic E-state index is 12.2. The molecule has 1 heterocycles. The van der Waals surface area contributed by atoms with Crippen LogP contribution in [0.2, 0.25) is 0 Å². The van der Waals surface area contributed by atoms with Crippen molar-refractivity contribution in [2.24, 2.45) is 0 Å². The van der Waals surface area contributed by atoms with Gasteiger partial charge in [-0.05, 0) is 39.7 Å². The molecule has 1 N–H and O–H groups in total. The van der Waals surface area contributed by atoms with E-state index >= 15 is 0 Å². The van der Waals surface area contributed by atoms with Crippen molar-refractivity contribution in [1.29, 1.82) is 0 Å². The Labute approximate surface area is 118 Å². The van der Waals surface area contributed by atoms with Crippen molar-refractivity contribution in [2.45, 2.75) is 50.1 Å². The van der Waals surface area contributed by atoms with Crippen molar-refractivity contribution in [3.05, 3.63) is 18.1 Å². The minimum absolute atomic E-state index is 0.171. The highest BCUT2D eigenvalue weighted by atomic mass is 32.2. The second kappa shape index (κ2) is 6.01. The van der Waals surface area contributed by atoms with E-state index in [1.807, 2.05) is 26.8 Å². The minimum Gasteiger partial charge on any atom is -0.468 e. The zero-order chi connectivity index (χ0) is 13.9. The van der Waals surface area contributed by atoms with Crippen LogP contribution < -0.4 is 5.32 Å². The van der Waals surface area contributed by atoms with Gasteiger partial charge in [0.2, 0.25) is 0 Å². The van der Waals surface area contributed by atoms with Gasteiger partial charge in [0.1, 0.15) is 11.3 Å². The summed E-state index contributed by atoms with van der Waals surface area (Å²) in [4.78, 5) is 13.2. The number of hydrogen-bond acceptors (Lipinski definition) is 5. The van der Waals surface area contributed by atoms with Gasteiger partial charge in [-0.15, -0.1) is 11.8 Å². The van der Waals surface area contributed by atoms with Crippen LogP contribution in [-0.4, -0.2) is 29.9 Å². The van der Waals surface area contributed by atoms with Crippen molar-refractivity contribution in [1.82, 2.24) is 5.32 Å². The van der Waals surface area contributed by atoms with Crippen molar-refractivity contribution in [3.8, 4) is 0 Å². The highest BCUT2D eigenvalue weighted by Gasteiger charge is 2.39. The maximum absolute atomic E-state index is 12.2. The van der Waals surface area contributed by atoms with Gasteiger partial charge in [-0.1, -0.05) is 0 Å². The minimum atomic E-state index is -0.633. The summed E-state index contributed by atoms with van der Waals surface area (Å²) < 4.78 is 10.5. The first-order valence-electron chi connectivity index (χ1n) is 6.67. The summed E-state index contributed by atoms with van der Waals surface area (Å²) in [5, 5.41) is 3.41. The summed E-state index contributed by atoms with van der Waals surface area (Å²) in [6.07, 6.45) is 3.96. The third kappa shape index (κ3) is 3.76. The largest absolute Gasteiger partial charge is 0.468 e. The molecule has 0 amide bonds. The molecule has 1 atom stereocenters. The summed E-state index contributed by atoms with van der Waals surface area (Å²) in [7, 11) is 0. The van der Waals surface area contributed by atoms with Gasteiger partial charge in [0, 0.05) is 16.7 Å². The van der Waals surface area contributed by atoms with Gasteiger partial charge in [0.15, 0.2) is 0 Å². The maximum Gasteiger partial charge on any atom is 0.326 e. The topological polar surface area (TPSA) is 51.5 Å². The highest BCUT2D eigenvalue weighted by molar-refractivity contribution is 7.99. The Morgan fingerprint density at radius 1 is 1.63 bits per heavy atom. The molecule has 1 aliphatic rings. The summed E-state index contributed by atoms with van der Waals surface area (Å²) in [6, 6.07) is 2.39. The van der Waals surface area contributed by atoms with Crippen LogP contribution in [0.1, 0.15) is 32.4 Å². The molecular weight excluding hydrogens is 262 g/mol. The fraction of sp³-hybridized carbons (Fsp3) is 0.643. The third-order valence-corrected chi connectivity index (χ3v) is 4.61. The van der Waals surface area contributed by atoms with Gasteiger partial charge in [0.05, 0.1) is 12.9 Å². The molecule has 0 spiro atoms. The first kappa shape index (κ1) is 14.5. The Kier molecular flexibility index (Phi) is 4.58. The predicted octanol–water partition coefficient (Wildman–Crippen LogP) is 2.75. The van der Waals surface area contributed by atoms with Crippen LogP contribution in [0.3, 0.4) is 0 Å². The quantitative estimate of drug-likeness (QED) is 0.616. The molecule has 1 aromatic rings. The van der Waals surface area contributed by atoms with Crippen LogP contribution in [0.5, 0.6) is 0 Å². The predicted molar refractivity (Wildman–Crippen MR) is 75.4 cm³/mol. The summed E-state index contributed by atoms with van der Waals surface area (Å²) >= 11 is 1.63. The van der Waals surface area contributed by atoms with Gasteiger partial charge in [-0.3, -0.25) is 10.1 Å². The molecule has 19 heavy (non-hydrogen) atoms. The second-order valence-electron chi connectivity index (χ2n) is 5.10. The third-order valence-electron chi connectivity index (χ3n) is 3.15. The Balaban J connectivity index is 2.00. The van der Waals surface area contributed by atoms with Crippen LogP contribution >= 0.6 is 11.8 Å². The molecule has 1 fully saturated rings. The lowest BCUT2D eigenvalue weighted by Gasteiger charge is -2.28. The van der Waals surface area contributed by atoms with E-state index in [2.05, 4.69) is 5.32 Å². The van der Waals surface area contributed by atoms with Crippen molar-refractivity contribution >= 4 is 17.7 Å². The van der Waals surface area contributed by atoms with Gasteiger partial charge in [-0.25, -0.2) is 0 Å². The first-order chi connectivity index (χ1) is 9.05. The van der Waals surface area contributed by atoms with E-state index in [1.165, 1.54) is 0 Å². The zero-order valence-corrected chi connectivity index (χ0v) is 12.5. The lowest BCUT2D eigenvalue weighted by molar-refractivity contribution is -0.149. The number of carbonyl (C=O) groups is 1. The lowest BCUT2D eigenvalue weighted by atomic mass is 10.1. The van der Waals surface area contributed by atoms with E-state index in [0.29, 0.717) is 18.4 Å². The fourth-order valence-corrected chi connectivity index (χ4v) is 2.92. The molecule has 0 bridgehead atoms. The Morgan fingerprint density at radius 2 is 2.37 bits per heavy atom. The molecule has 2 rings (SSSR count). The molecule has 1 aromatic heterocycles. The molecule has 5 heteroatoms.